The fourth-order valence-electron chi connectivity index (χ4n) is 1.64. The van der Waals surface area contributed by atoms with E-state index in [1.807, 2.05) is 0 Å². The molecule has 0 aliphatic carbocycles. The third-order valence-electron chi connectivity index (χ3n) is 2.57. The second kappa shape index (κ2) is 5.69. The van der Waals surface area contributed by atoms with Crippen LogP contribution >= 0.6 is 65.8 Å². The molecule has 0 saturated heterocycles. The summed E-state index contributed by atoms with van der Waals surface area (Å²) in [5.41, 5.74) is 9.93. The van der Waals surface area contributed by atoms with Crippen LogP contribution in [0.15, 0.2) is 31.8 Å². The third-order valence-corrected chi connectivity index (χ3v) is 6.43. The smallest absolute Gasteiger partial charge is 0.0761 e. The molecule has 0 amide bonds. The summed E-state index contributed by atoms with van der Waals surface area (Å²) in [6.07, 6.45) is 0. The number of nitrogens with two attached hydrogens (primary N) is 1. The van der Waals surface area contributed by atoms with Crippen molar-refractivity contribution in [3.63, 3.8) is 0 Å². The first-order chi connectivity index (χ1) is 8.00. The van der Waals surface area contributed by atoms with E-state index in [1.165, 1.54) is 14.7 Å². The van der Waals surface area contributed by atoms with Crippen molar-refractivity contribution in [3.05, 3.63) is 52.1 Å². The molecule has 2 N–H and O–H groups in total. The van der Waals surface area contributed by atoms with Crippen LogP contribution in [0.3, 0.4) is 0 Å². The molecule has 2 aromatic rings. The molecule has 1 unspecified atom stereocenters. The van der Waals surface area contributed by atoms with Crippen molar-refractivity contribution in [3.8, 4) is 0 Å². The third kappa shape index (κ3) is 2.94. The van der Waals surface area contributed by atoms with Gasteiger partial charge >= 0.3 is 0 Å². The van der Waals surface area contributed by atoms with Gasteiger partial charge in [-0.25, -0.2) is 0 Å². The normalized spacial score (nSPS) is 12.8. The fourth-order valence-corrected chi connectivity index (χ4v) is 5.27. The molecule has 0 bridgehead atoms. The summed E-state index contributed by atoms with van der Waals surface area (Å²) in [7, 11) is 0. The van der Waals surface area contributed by atoms with E-state index in [0.717, 1.165) is 13.1 Å². The molecular formula is C12H10Br2INS. The second-order valence-electron chi connectivity index (χ2n) is 3.74. The molecule has 0 spiro atoms. The SMILES string of the molecule is Cc1cccc(C(N)c2cc(Br)sc2Br)c1I. The first kappa shape index (κ1) is 14.0. The molecule has 1 aromatic carbocycles. The number of hydrogen-bond donors (Lipinski definition) is 1. The van der Waals surface area contributed by atoms with E-state index in [9.17, 15) is 0 Å². The van der Waals surface area contributed by atoms with Gasteiger partial charge in [0, 0.05) is 3.57 Å². The van der Waals surface area contributed by atoms with Gasteiger partial charge in [0.1, 0.15) is 0 Å². The molecule has 2 rings (SSSR count). The quantitative estimate of drug-likeness (QED) is 0.578. The molecule has 1 heterocycles. The largest absolute Gasteiger partial charge is 0.320 e. The van der Waals surface area contributed by atoms with Crippen LogP contribution in [0.4, 0.5) is 0 Å². The summed E-state index contributed by atoms with van der Waals surface area (Å²) >= 11 is 11.1. The molecule has 1 nitrogen and oxygen atoms in total. The van der Waals surface area contributed by atoms with E-state index < -0.39 is 0 Å². The Morgan fingerprint density at radius 1 is 1.29 bits per heavy atom. The lowest BCUT2D eigenvalue weighted by Gasteiger charge is -2.14. The molecule has 0 fully saturated rings. The first-order valence-electron chi connectivity index (χ1n) is 4.96. The average Bonchev–Trinajstić information content (AvgIpc) is 2.61. The lowest BCUT2D eigenvalue weighted by atomic mass is 10.0. The van der Waals surface area contributed by atoms with E-state index in [1.54, 1.807) is 11.3 Å². The highest BCUT2D eigenvalue weighted by molar-refractivity contribution is 14.1. The van der Waals surface area contributed by atoms with Crippen LogP contribution in [0.1, 0.15) is 22.7 Å². The second-order valence-corrected chi connectivity index (χ2v) is 8.56. The Labute approximate surface area is 135 Å². The lowest BCUT2D eigenvalue weighted by Crippen LogP contribution is -2.13. The van der Waals surface area contributed by atoms with Gasteiger partial charge in [-0.3, -0.25) is 0 Å². The van der Waals surface area contributed by atoms with Gasteiger partial charge in [0.05, 0.1) is 13.6 Å². The van der Waals surface area contributed by atoms with Crippen molar-refractivity contribution in [2.45, 2.75) is 13.0 Å². The molecule has 0 radical (unpaired) electrons. The zero-order chi connectivity index (χ0) is 12.6. The van der Waals surface area contributed by atoms with Crippen molar-refractivity contribution < 1.29 is 0 Å². The van der Waals surface area contributed by atoms with E-state index in [0.29, 0.717) is 0 Å². The first-order valence-corrected chi connectivity index (χ1v) is 8.44. The van der Waals surface area contributed by atoms with Crippen LogP contribution < -0.4 is 5.73 Å². The molecule has 0 aliphatic rings. The summed E-state index contributed by atoms with van der Waals surface area (Å²) in [6, 6.07) is 8.26. The lowest BCUT2D eigenvalue weighted by molar-refractivity contribution is 0.863. The summed E-state index contributed by atoms with van der Waals surface area (Å²) in [5.74, 6) is 0. The maximum Gasteiger partial charge on any atom is 0.0761 e. The Morgan fingerprint density at radius 3 is 2.59 bits per heavy atom. The number of aryl methyl sites for hydroxylation is 1. The predicted molar refractivity (Wildman–Crippen MR) is 89.6 cm³/mol. The molecular weight excluding hydrogens is 477 g/mol. The van der Waals surface area contributed by atoms with E-state index >= 15 is 0 Å². The van der Waals surface area contributed by atoms with E-state index in [2.05, 4.69) is 85.6 Å². The van der Waals surface area contributed by atoms with Crippen molar-refractivity contribution in [2.24, 2.45) is 5.73 Å². The molecule has 1 aromatic heterocycles. The number of halogens is 3. The monoisotopic (exact) mass is 485 g/mol. The minimum Gasteiger partial charge on any atom is -0.320 e. The summed E-state index contributed by atoms with van der Waals surface area (Å²) < 4.78 is 3.43. The van der Waals surface area contributed by atoms with Gasteiger partial charge < -0.3 is 5.73 Å². The van der Waals surface area contributed by atoms with E-state index in [4.69, 9.17) is 5.73 Å². The van der Waals surface area contributed by atoms with Crippen LogP contribution in [-0.2, 0) is 0 Å². The van der Waals surface area contributed by atoms with Crippen molar-refractivity contribution in [2.75, 3.05) is 0 Å². The van der Waals surface area contributed by atoms with Crippen LogP contribution in [0.5, 0.6) is 0 Å². The molecule has 0 aliphatic heterocycles. The maximum atomic E-state index is 6.35. The summed E-state index contributed by atoms with van der Waals surface area (Å²) in [5, 5.41) is 0. The highest BCUT2D eigenvalue weighted by Gasteiger charge is 2.17. The molecule has 1 atom stereocenters. The highest BCUT2D eigenvalue weighted by Crippen LogP contribution is 2.38. The van der Waals surface area contributed by atoms with Crippen LogP contribution in [0.25, 0.3) is 0 Å². The number of benzene rings is 1. The van der Waals surface area contributed by atoms with Crippen LogP contribution in [-0.4, -0.2) is 0 Å². The van der Waals surface area contributed by atoms with Gasteiger partial charge in [-0.2, -0.15) is 0 Å². The molecule has 90 valence electrons. The van der Waals surface area contributed by atoms with Gasteiger partial charge in [-0.15, -0.1) is 11.3 Å². The average molecular weight is 487 g/mol. The zero-order valence-corrected chi connectivity index (χ0v) is 15.2. The van der Waals surface area contributed by atoms with Crippen molar-refractivity contribution in [1.29, 1.82) is 0 Å². The highest BCUT2D eigenvalue weighted by atomic mass is 127. The molecule has 17 heavy (non-hydrogen) atoms. The van der Waals surface area contributed by atoms with E-state index in [-0.39, 0.29) is 6.04 Å². The predicted octanol–water partition coefficient (Wildman–Crippen LogP) is 5.23. The van der Waals surface area contributed by atoms with Crippen molar-refractivity contribution in [1.82, 2.24) is 0 Å². The zero-order valence-electron chi connectivity index (χ0n) is 9.01. The van der Waals surface area contributed by atoms with Gasteiger partial charge in [-0.1, -0.05) is 18.2 Å². The standard InChI is InChI=1S/C12H10Br2INS/c1-6-3-2-4-7(10(6)15)11(16)8-5-9(13)17-12(8)14/h2-5,11H,16H2,1H3. The minimum absolute atomic E-state index is 0.0845. The van der Waals surface area contributed by atoms with Crippen LogP contribution in [0.2, 0.25) is 0 Å². The van der Waals surface area contributed by atoms with Gasteiger partial charge in [0.25, 0.3) is 0 Å². The van der Waals surface area contributed by atoms with Gasteiger partial charge in [0.15, 0.2) is 0 Å². The fraction of sp³-hybridized carbons (Fsp3) is 0.167. The molecule has 5 heteroatoms. The number of hydrogen-bond acceptors (Lipinski definition) is 2. The number of rotatable bonds is 2. The Morgan fingerprint density at radius 2 is 2.00 bits per heavy atom. The van der Waals surface area contributed by atoms with Crippen molar-refractivity contribution >= 4 is 65.8 Å². The van der Waals surface area contributed by atoms with Gasteiger partial charge in [-0.05, 0) is 84.1 Å². The van der Waals surface area contributed by atoms with Gasteiger partial charge in [0.2, 0.25) is 0 Å². The Hall–Kier alpha value is 0.570. The maximum absolute atomic E-state index is 6.35. The summed E-state index contributed by atoms with van der Waals surface area (Å²) in [4.78, 5) is 0. The topological polar surface area (TPSA) is 26.0 Å². The minimum atomic E-state index is -0.0845. The number of thiophene rings is 1. The Bertz CT molecular complexity index is 553. The summed E-state index contributed by atoms with van der Waals surface area (Å²) in [6.45, 7) is 2.11. The Balaban J connectivity index is 2.47. The molecule has 0 saturated carbocycles. The Kier molecular flexibility index (Phi) is 4.68. The van der Waals surface area contributed by atoms with Crippen LogP contribution in [0, 0.1) is 10.5 Å².